The molecule has 2 aromatic heterocycles. The summed E-state index contributed by atoms with van der Waals surface area (Å²) >= 11 is 1.54. The lowest BCUT2D eigenvalue weighted by Crippen LogP contribution is -2.25. The zero-order chi connectivity index (χ0) is 14.2. The summed E-state index contributed by atoms with van der Waals surface area (Å²) in [5.74, 6) is 0.729. The molecule has 4 rings (SSSR count). The Morgan fingerprint density at radius 3 is 2.95 bits per heavy atom. The number of hydrogen-bond acceptors (Lipinski definition) is 5. The van der Waals surface area contributed by atoms with Crippen LogP contribution in [0.2, 0.25) is 0 Å². The second-order valence-corrected chi connectivity index (χ2v) is 5.50. The minimum absolute atomic E-state index is 0.0367. The molecule has 1 amide bonds. The Morgan fingerprint density at radius 2 is 2.19 bits per heavy atom. The molecule has 6 nitrogen and oxygen atoms in total. The van der Waals surface area contributed by atoms with Crippen molar-refractivity contribution < 1.29 is 4.79 Å². The van der Waals surface area contributed by atoms with E-state index in [1.165, 1.54) is 11.3 Å². The maximum absolute atomic E-state index is 11.1. The van der Waals surface area contributed by atoms with Crippen LogP contribution >= 0.6 is 11.3 Å². The van der Waals surface area contributed by atoms with Gasteiger partial charge >= 0.3 is 0 Å². The molecule has 0 unspecified atom stereocenters. The smallest absolute Gasteiger partial charge is 0.240 e. The van der Waals surface area contributed by atoms with E-state index >= 15 is 0 Å². The van der Waals surface area contributed by atoms with E-state index in [4.69, 9.17) is 0 Å². The summed E-state index contributed by atoms with van der Waals surface area (Å²) in [6.45, 7) is 0. The van der Waals surface area contributed by atoms with Crippen molar-refractivity contribution in [2.45, 2.75) is 12.8 Å². The van der Waals surface area contributed by atoms with Crippen molar-refractivity contribution in [3.05, 3.63) is 34.7 Å². The fraction of sp³-hybridized carbons (Fsp3) is 0.143. The van der Waals surface area contributed by atoms with Gasteiger partial charge in [0.2, 0.25) is 5.91 Å². The number of amides is 1. The molecule has 2 N–H and O–H groups in total. The Bertz CT molecular complexity index is 850. The molecule has 0 saturated carbocycles. The number of nitrogens with zero attached hydrogens (tertiary/aromatic N) is 3. The van der Waals surface area contributed by atoms with Crippen LogP contribution in [-0.4, -0.2) is 26.6 Å². The van der Waals surface area contributed by atoms with Gasteiger partial charge in [-0.1, -0.05) is 6.07 Å². The van der Waals surface area contributed by atoms with Crippen molar-refractivity contribution in [1.82, 2.24) is 20.4 Å². The quantitative estimate of drug-likeness (QED) is 0.761. The van der Waals surface area contributed by atoms with Gasteiger partial charge < -0.3 is 4.98 Å². The Hall–Kier alpha value is -2.54. The van der Waals surface area contributed by atoms with Crippen molar-refractivity contribution in [3.63, 3.8) is 0 Å². The van der Waals surface area contributed by atoms with Crippen LogP contribution in [0.25, 0.3) is 22.6 Å². The zero-order valence-electron chi connectivity index (χ0n) is 11.0. The summed E-state index contributed by atoms with van der Waals surface area (Å²) in [7, 11) is 0. The normalized spacial score (nSPS) is 15.0. The molecule has 21 heavy (non-hydrogen) atoms. The van der Waals surface area contributed by atoms with Crippen LogP contribution in [0.4, 0.5) is 0 Å². The Balaban J connectivity index is 1.75. The summed E-state index contributed by atoms with van der Waals surface area (Å²) in [6, 6.07) is 5.95. The summed E-state index contributed by atoms with van der Waals surface area (Å²) in [6.07, 6.45) is 1.13. The molecular weight excluding hydrogens is 286 g/mol. The number of nitrogens with one attached hydrogen (secondary N) is 2. The number of rotatable bonds is 2. The maximum Gasteiger partial charge on any atom is 0.240 e. The van der Waals surface area contributed by atoms with Gasteiger partial charge in [-0.3, -0.25) is 4.79 Å². The average molecular weight is 297 g/mol. The lowest BCUT2D eigenvalue weighted by atomic mass is 10.0. The number of thiazole rings is 1. The molecule has 7 heteroatoms. The molecule has 1 aromatic carbocycles. The van der Waals surface area contributed by atoms with E-state index in [1.807, 2.05) is 23.6 Å². The molecule has 0 radical (unpaired) electrons. The molecule has 0 fully saturated rings. The van der Waals surface area contributed by atoms with Gasteiger partial charge in [0, 0.05) is 23.8 Å². The highest BCUT2D eigenvalue weighted by Gasteiger charge is 2.14. The van der Waals surface area contributed by atoms with E-state index < -0.39 is 0 Å². The fourth-order valence-electron chi connectivity index (χ4n) is 2.32. The molecule has 0 bridgehead atoms. The third-order valence-electron chi connectivity index (χ3n) is 3.40. The third-order valence-corrected chi connectivity index (χ3v) is 3.98. The average Bonchev–Trinajstić information content (AvgIpc) is 3.16. The van der Waals surface area contributed by atoms with Crippen LogP contribution in [0, 0.1) is 0 Å². The summed E-state index contributed by atoms with van der Waals surface area (Å²) in [5, 5.41) is 6.07. The number of hydrazone groups is 1. The minimum Gasteiger partial charge on any atom is -0.337 e. The fourth-order valence-corrected chi connectivity index (χ4v) is 2.86. The van der Waals surface area contributed by atoms with Gasteiger partial charge in [-0.25, -0.2) is 15.4 Å². The van der Waals surface area contributed by atoms with Crippen LogP contribution in [0.1, 0.15) is 18.4 Å². The molecular formula is C14H11N5OS. The summed E-state index contributed by atoms with van der Waals surface area (Å²) in [4.78, 5) is 23.2. The van der Waals surface area contributed by atoms with Gasteiger partial charge in [0.1, 0.15) is 5.69 Å². The van der Waals surface area contributed by atoms with Crippen LogP contribution < -0.4 is 5.43 Å². The summed E-state index contributed by atoms with van der Waals surface area (Å²) in [5.41, 5.74) is 8.85. The number of aromatic nitrogens is 3. The van der Waals surface area contributed by atoms with Gasteiger partial charge in [-0.2, -0.15) is 5.10 Å². The molecule has 1 aliphatic heterocycles. The standard InChI is InChI=1S/C14H11N5OS/c20-13-4-3-9(18-19-13)8-1-2-10-11(5-8)17-14(16-10)12-6-21-7-15-12/h1-2,5-7H,3-4H2,(H,16,17)(H,19,20). The Labute approximate surface area is 123 Å². The first-order valence-corrected chi connectivity index (χ1v) is 7.48. The van der Waals surface area contributed by atoms with E-state index in [0.717, 1.165) is 33.8 Å². The number of benzene rings is 1. The van der Waals surface area contributed by atoms with E-state index in [9.17, 15) is 4.79 Å². The van der Waals surface area contributed by atoms with Crippen molar-refractivity contribution >= 4 is 34.0 Å². The van der Waals surface area contributed by atoms with Gasteiger partial charge in [0.25, 0.3) is 0 Å². The topological polar surface area (TPSA) is 83.0 Å². The lowest BCUT2D eigenvalue weighted by Gasteiger charge is -2.11. The Kier molecular flexibility index (Phi) is 2.78. The number of aromatic amines is 1. The maximum atomic E-state index is 11.1. The molecule has 3 aromatic rings. The second-order valence-electron chi connectivity index (χ2n) is 4.78. The van der Waals surface area contributed by atoms with Crippen LogP contribution in [0.3, 0.4) is 0 Å². The largest absolute Gasteiger partial charge is 0.337 e. The number of carbonyl (C=O) groups excluding carboxylic acids is 1. The predicted molar refractivity (Wildman–Crippen MR) is 81.1 cm³/mol. The monoisotopic (exact) mass is 297 g/mol. The molecule has 104 valence electrons. The van der Waals surface area contributed by atoms with Crippen LogP contribution in [-0.2, 0) is 4.79 Å². The first-order valence-electron chi connectivity index (χ1n) is 6.54. The SMILES string of the molecule is O=C1CCC(c2ccc3[nH]c(-c4cscn4)nc3c2)=NN1. The van der Waals surface area contributed by atoms with Gasteiger partial charge in [0.05, 0.1) is 22.3 Å². The van der Waals surface area contributed by atoms with Gasteiger partial charge in [0.15, 0.2) is 5.82 Å². The molecule has 0 saturated heterocycles. The van der Waals surface area contributed by atoms with E-state index in [-0.39, 0.29) is 5.91 Å². The highest BCUT2D eigenvalue weighted by atomic mass is 32.1. The first kappa shape index (κ1) is 12.2. The van der Waals surface area contributed by atoms with E-state index in [1.54, 1.807) is 5.51 Å². The highest BCUT2D eigenvalue weighted by molar-refractivity contribution is 7.07. The summed E-state index contributed by atoms with van der Waals surface area (Å²) < 4.78 is 0. The third kappa shape index (κ3) is 2.21. The van der Waals surface area contributed by atoms with Crippen molar-refractivity contribution in [3.8, 4) is 11.5 Å². The van der Waals surface area contributed by atoms with E-state index in [0.29, 0.717) is 12.8 Å². The number of hydrogen-bond donors (Lipinski definition) is 2. The first-order chi connectivity index (χ1) is 10.3. The predicted octanol–water partition coefficient (Wildman–Crippen LogP) is 2.30. The van der Waals surface area contributed by atoms with Gasteiger partial charge in [-0.05, 0) is 12.1 Å². The van der Waals surface area contributed by atoms with E-state index in [2.05, 4.69) is 25.5 Å². The number of fused-ring (bicyclic) bond motifs is 1. The van der Waals surface area contributed by atoms with Crippen molar-refractivity contribution in [2.24, 2.45) is 5.10 Å². The number of H-pyrrole nitrogens is 1. The molecule has 3 heterocycles. The van der Waals surface area contributed by atoms with Gasteiger partial charge in [-0.15, -0.1) is 11.3 Å². The van der Waals surface area contributed by atoms with Crippen LogP contribution in [0.5, 0.6) is 0 Å². The minimum atomic E-state index is -0.0367. The number of imidazole rings is 1. The van der Waals surface area contributed by atoms with Crippen molar-refractivity contribution in [1.29, 1.82) is 0 Å². The second kappa shape index (κ2) is 4.78. The van der Waals surface area contributed by atoms with Crippen molar-refractivity contribution in [2.75, 3.05) is 0 Å². The molecule has 1 aliphatic rings. The molecule has 0 atom stereocenters. The molecule has 0 aliphatic carbocycles. The van der Waals surface area contributed by atoms with Crippen LogP contribution in [0.15, 0.2) is 34.2 Å². The number of carbonyl (C=O) groups is 1. The Morgan fingerprint density at radius 1 is 1.24 bits per heavy atom. The zero-order valence-corrected chi connectivity index (χ0v) is 11.8. The lowest BCUT2D eigenvalue weighted by molar-refractivity contribution is -0.121. The molecule has 0 spiro atoms. The highest BCUT2D eigenvalue weighted by Crippen LogP contribution is 2.22.